The highest BCUT2D eigenvalue weighted by Crippen LogP contribution is 2.26. The quantitative estimate of drug-likeness (QED) is 0.148. The number of aryl methyl sites for hydroxylation is 3. The third-order valence-electron chi connectivity index (χ3n) is 5.81. The van der Waals surface area contributed by atoms with E-state index in [4.69, 9.17) is 0 Å². The van der Waals surface area contributed by atoms with Crippen LogP contribution in [0.25, 0.3) is 0 Å². The molecule has 1 amide bonds. The Bertz CT molecular complexity index is 1570. The molecule has 0 aliphatic heterocycles. The lowest BCUT2D eigenvalue weighted by molar-refractivity contribution is -0.697. The first-order chi connectivity index (χ1) is 19.2. The number of benzene rings is 2. The first-order valence-electron chi connectivity index (χ1n) is 12.7. The molecular weight excluding hydrogens is 546 g/mol. The van der Waals surface area contributed by atoms with Crippen molar-refractivity contribution >= 4 is 44.4 Å². The maximum atomic E-state index is 13.0. The molecule has 0 unspecified atom stereocenters. The Hall–Kier alpha value is -4.09. The van der Waals surface area contributed by atoms with Crippen molar-refractivity contribution in [1.29, 1.82) is 0 Å². The van der Waals surface area contributed by atoms with Crippen LogP contribution in [0.15, 0.2) is 95.0 Å². The van der Waals surface area contributed by atoms with Crippen LogP contribution in [0.5, 0.6) is 0 Å². The molecule has 4 rings (SSSR count). The molecule has 0 fully saturated rings. The highest BCUT2D eigenvalue weighted by molar-refractivity contribution is 8.13. The van der Waals surface area contributed by atoms with Gasteiger partial charge in [-0.15, -0.1) is 0 Å². The average Bonchev–Trinajstić information content (AvgIpc) is 2.91. The lowest BCUT2D eigenvalue weighted by Crippen LogP contribution is -2.32. The van der Waals surface area contributed by atoms with Gasteiger partial charge in [-0.1, -0.05) is 30.0 Å². The van der Waals surface area contributed by atoms with Crippen molar-refractivity contribution in [3.05, 3.63) is 102 Å². The average molecular weight is 577 g/mol. The van der Waals surface area contributed by atoms with Gasteiger partial charge in [-0.05, 0) is 62.7 Å². The van der Waals surface area contributed by atoms with Crippen molar-refractivity contribution in [3.63, 3.8) is 0 Å². The van der Waals surface area contributed by atoms with Crippen LogP contribution in [0.3, 0.4) is 0 Å². The summed E-state index contributed by atoms with van der Waals surface area (Å²) in [5.41, 5.74) is 2.07. The number of thioether (sulfide) groups is 1. The Balaban J connectivity index is 1.34. The van der Waals surface area contributed by atoms with Crippen molar-refractivity contribution in [2.24, 2.45) is 0 Å². The number of anilines is 2. The number of hydrogen-bond donors (Lipinski definition) is 2. The molecular formula is C29H30N5O4S2+. The van der Waals surface area contributed by atoms with E-state index in [1.54, 1.807) is 44.2 Å². The molecule has 206 valence electrons. The summed E-state index contributed by atoms with van der Waals surface area (Å²) < 4.78 is 30.0. The molecule has 0 atom stereocenters. The molecule has 4 aromatic rings. The maximum absolute atomic E-state index is 13.0. The van der Waals surface area contributed by atoms with E-state index in [1.165, 1.54) is 24.3 Å². The van der Waals surface area contributed by atoms with Gasteiger partial charge in [0.2, 0.25) is 5.95 Å². The molecule has 2 aromatic carbocycles. The first-order valence-corrected chi connectivity index (χ1v) is 15.0. The van der Waals surface area contributed by atoms with Crippen LogP contribution in [-0.2, 0) is 21.4 Å². The van der Waals surface area contributed by atoms with Gasteiger partial charge in [-0.25, -0.2) is 27.7 Å². The summed E-state index contributed by atoms with van der Waals surface area (Å²) >= 11 is 1.06. The highest BCUT2D eigenvalue weighted by Gasteiger charge is 2.18. The predicted octanol–water partition coefficient (Wildman–Crippen LogP) is 4.92. The molecule has 40 heavy (non-hydrogen) atoms. The maximum Gasteiger partial charge on any atom is 0.264 e. The molecule has 0 radical (unpaired) electrons. The van der Waals surface area contributed by atoms with Crippen molar-refractivity contribution in [2.45, 2.75) is 49.4 Å². The number of carbonyl (C=O) groups excluding carboxylic acids is 2. The van der Waals surface area contributed by atoms with Crippen molar-refractivity contribution in [2.75, 3.05) is 10.0 Å². The Kier molecular flexibility index (Phi) is 9.62. The summed E-state index contributed by atoms with van der Waals surface area (Å²) in [5.74, 6) is -0.401. The number of pyridine rings is 1. The van der Waals surface area contributed by atoms with E-state index in [2.05, 4.69) is 24.6 Å². The third kappa shape index (κ3) is 8.20. The smallest absolute Gasteiger partial charge is 0.264 e. The summed E-state index contributed by atoms with van der Waals surface area (Å²) in [6.07, 6.45) is 6.03. The van der Waals surface area contributed by atoms with E-state index in [0.717, 1.165) is 31.1 Å². The van der Waals surface area contributed by atoms with Crippen LogP contribution >= 0.6 is 11.8 Å². The van der Waals surface area contributed by atoms with Crippen LogP contribution in [-0.4, -0.2) is 29.4 Å². The normalized spacial score (nSPS) is 11.2. The van der Waals surface area contributed by atoms with Crippen molar-refractivity contribution in [3.8, 4) is 0 Å². The van der Waals surface area contributed by atoms with Crippen LogP contribution in [0.1, 0.15) is 41.0 Å². The summed E-state index contributed by atoms with van der Waals surface area (Å²) in [7, 11) is -3.92. The van der Waals surface area contributed by atoms with E-state index in [1.807, 2.05) is 30.6 Å². The number of sulfonamides is 1. The van der Waals surface area contributed by atoms with Crippen LogP contribution < -0.4 is 14.6 Å². The van der Waals surface area contributed by atoms with E-state index < -0.39 is 15.9 Å². The molecule has 2 N–H and O–H groups in total. The molecule has 0 aliphatic carbocycles. The van der Waals surface area contributed by atoms with Gasteiger partial charge in [0, 0.05) is 46.9 Å². The molecule has 2 heterocycles. The number of rotatable bonds is 11. The second-order valence-corrected chi connectivity index (χ2v) is 11.9. The number of amides is 1. The Morgan fingerprint density at radius 2 is 1.55 bits per heavy atom. The van der Waals surface area contributed by atoms with Crippen molar-refractivity contribution in [1.82, 2.24) is 9.97 Å². The van der Waals surface area contributed by atoms with Crippen molar-refractivity contribution < 1.29 is 22.6 Å². The Morgan fingerprint density at radius 1 is 0.875 bits per heavy atom. The SMILES string of the molecule is Cc1cc(C)nc(NS(=O)(=O)c2ccc(NC(=O)c3ccccc3SC(=O)CCCC[n+]3ccccc3)cc2)n1. The fraction of sp³-hybridized carbons (Fsp3) is 0.207. The first kappa shape index (κ1) is 28.9. The number of nitrogens with zero attached hydrogens (tertiary/aromatic N) is 3. The van der Waals surface area contributed by atoms with Gasteiger partial charge in [0.1, 0.15) is 6.54 Å². The van der Waals surface area contributed by atoms with Gasteiger partial charge >= 0.3 is 0 Å². The molecule has 9 nitrogen and oxygen atoms in total. The van der Waals surface area contributed by atoms with Crippen LogP contribution in [0, 0.1) is 13.8 Å². The second-order valence-electron chi connectivity index (χ2n) is 9.10. The lowest BCUT2D eigenvalue weighted by atomic mass is 10.2. The zero-order valence-electron chi connectivity index (χ0n) is 22.2. The van der Waals surface area contributed by atoms with Gasteiger partial charge in [0.05, 0.1) is 10.5 Å². The molecule has 0 bridgehead atoms. The van der Waals surface area contributed by atoms with Gasteiger partial charge in [-0.2, -0.15) is 0 Å². The topological polar surface area (TPSA) is 122 Å². The Labute approximate surface area is 238 Å². The summed E-state index contributed by atoms with van der Waals surface area (Å²) in [5, 5.41) is 2.77. The van der Waals surface area contributed by atoms with Crippen LogP contribution in [0.4, 0.5) is 11.6 Å². The largest absolute Gasteiger partial charge is 0.322 e. The van der Waals surface area contributed by atoms with E-state index in [-0.39, 0.29) is 16.0 Å². The number of carbonyl (C=O) groups is 2. The third-order valence-corrected chi connectivity index (χ3v) is 8.16. The lowest BCUT2D eigenvalue weighted by Gasteiger charge is -2.11. The molecule has 2 aromatic heterocycles. The summed E-state index contributed by atoms with van der Waals surface area (Å²) in [4.78, 5) is 34.4. The standard InChI is InChI=1S/C29H29N5O4S2/c1-21-20-22(2)31-29(30-21)33-40(37,38)24-15-13-23(14-16-24)32-28(36)25-10-4-5-11-26(25)39-27(35)12-6-9-19-34-17-7-3-8-18-34/h3-5,7-8,10-11,13-18,20H,6,9,12,19H2,1-2H3,(H-,30,31,32,33,36)/p+1. The second kappa shape index (κ2) is 13.3. The molecule has 0 saturated heterocycles. The monoisotopic (exact) mass is 576 g/mol. The number of unbranched alkanes of at least 4 members (excludes halogenated alkanes) is 1. The minimum atomic E-state index is -3.92. The molecule has 0 aliphatic rings. The van der Waals surface area contributed by atoms with Crippen LogP contribution in [0.2, 0.25) is 0 Å². The fourth-order valence-electron chi connectivity index (χ4n) is 3.93. The van der Waals surface area contributed by atoms with E-state index in [0.29, 0.717) is 34.0 Å². The minimum absolute atomic E-state index is 0.000440. The van der Waals surface area contributed by atoms with E-state index >= 15 is 0 Å². The summed E-state index contributed by atoms with van der Waals surface area (Å²) in [6, 6.07) is 20.3. The predicted molar refractivity (Wildman–Crippen MR) is 155 cm³/mol. The van der Waals surface area contributed by atoms with E-state index in [9.17, 15) is 18.0 Å². The highest BCUT2D eigenvalue weighted by atomic mass is 32.2. The zero-order valence-corrected chi connectivity index (χ0v) is 23.8. The van der Waals surface area contributed by atoms with Gasteiger partial charge < -0.3 is 5.32 Å². The Morgan fingerprint density at radius 3 is 2.25 bits per heavy atom. The minimum Gasteiger partial charge on any atom is -0.322 e. The number of aromatic nitrogens is 3. The molecule has 0 spiro atoms. The summed E-state index contributed by atoms with van der Waals surface area (Å²) in [6.45, 7) is 4.35. The number of hydrogen-bond acceptors (Lipinski definition) is 7. The van der Waals surface area contributed by atoms with Gasteiger partial charge in [-0.3, -0.25) is 9.59 Å². The zero-order chi connectivity index (χ0) is 28.5. The van der Waals surface area contributed by atoms with Gasteiger partial charge in [0.15, 0.2) is 17.5 Å². The fourth-order valence-corrected chi connectivity index (χ4v) is 5.78. The molecule has 11 heteroatoms. The molecule has 0 saturated carbocycles. The number of nitrogens with one attached hydrogen (secondary N) is 2. The van der Waals surface area contributed by atoms with Gasteiger partial charge in [0.25, 0.3) is 15.9 Å².